The Morgan fingerprint density at radius 1 is 1.14 bits per heavy atom. The molecule has 3 N–H and O–H groups in total. The number of benzene rings is 1. The van der Waals surface area contributed by atoms with Crippen LogP contribution in [0.2, 0.25) is 0 Å². The van der Waals surface area contributed by atoms with Crippen LogP contribution in [-0.2, 0) is 9.53 Å². The molecule has 0 radical (unpaired) electrons. The Bertz CT molecular complexity index is 863. The molecule has 1 aliphatic rings. The average molecular weight is 418 g/mol. The van der Waals surface area contributed by atoms with Gasteiger partial charge in [-0.1, -0.05) is 12.1 Å². The molecule has 0 spiro atoms. The van der Waals surface area contributed by atoms with Gasteiger partial charge < -0.3 is 15.4 Å². The molecular formula is C20H24ClN5O3. The van der Waals surface area contributed by atoms with Gasteiger partial charge >= 0.3 is 5.97 Å². The Labute approximate surface area is 175 Å². The summed E-state index contributed by atoms with van der Waals surface area (Å²) in [5, 5.41) is 7.37. The molecule has 0 bridgehead atoms. The van der Waals surface area contributed by atoms with Gasteiger partial charge in [-0.15, -0.1) is 12.4 Å². The van der Waals surface area contributed by atoms with Crippen LogP contribution < -0.4 is 5.73 Å². The molecule has 1 fully saturated rings. The molecule has 1 aliphatic heterocycles. The van der Waals surface area contributed by atoms with E-state index in [0.29, 0.717) is 36.5 Å². The molecule has 2 aromatic rings. The number of carbonyl (C=O) groups is 2. The maximum atomic E-state index is 12.7. The molecular weight excluding hydrogens is 394 g/mol. The van der Waals surface area contributed by atoms with Gasteiger partial charge in [0.15, 0.2) is 5.82 Å². The second-order valence-corrected chi connectivity index (χ2v) is 6.80. The molecule has 1 amide bonds. The van der Waals surface area contributed by atoms with E-state index in [2.05, 4.69) is 9.97 Å². The summed E-state index contributed by atoms with van der Waals surface area (Å²) in [6.45, 7) is 1.27. The molecule has 1 aromatic carbocycles. The number of hydrogen-bond donors (Lipinski definition) is 2. The van der Waals surface area contributed by atoms with Gasteiger partial charge in [0, 0.05) is 43.0 Å². The molecule has 154 valence electrons. The van der Waals surface area contributed by atoms with Gasteiger partial charge in [-0.3, -0.25) is 15.0 Å². The topological polar surface area (TPSA) is 122 Å². The van der Waals surface area contributed by atoms with Gasteiger partial charge in [0.1, 0.15) is 5.84 Å². The number of rotatable bonds is 5. The van der Waals surface area contributed by atoms with Crippen LogP contribution >= 0.6 is 12.4 Å². The number of amidine groups is 1. The minimum absolute atomic E-state index is 0. The molecule has 0 aliphatic carbocycles. The fourth-order valence-corrected chi connectivity index (χ4v) is 3.22. The summed E-state index contributed by atoms with van der Waals surface area (Å²) in [4.78, 5) is 34.3. The normalized spacial score (nSPS) is 14.0. The fraction of sp³-hybridized carbons (Fsp3) is 0.350. The average Bonchev–Trinajstić information content (AvgIpc) is 2.74. The van der Waals surface area contributed by atoms with E-state index in [9.17, 15) is 9.59 Å². The number of halogens is 1. The monoisotopic (exact) mass is 417 g/mol. The smallest absolute Gasteiger partial charge is 0.305 e. The summed E-state index contributed by atoms with van der Waals surface area (Å²) >= 11 is 0. The highest BCUT2D eigenvalue weighted by Crippen LogP contribution is 2.23. The van der Waals surface area contributed by atoms with Crippen molar-refractivity contribution in [1.29, 1.82) is 5.41 Å². The van der Waals surface area contributed by atoms with Crippen LogP contribution in [0.15, 0.2) is 36.7 Å². The van der Waals surface area contributed by atoms with E-state index >= 15 is 0 Å². The summed E-state index contributed by atoms with van der Waals surface area (Å²) in [5.74, 6) is 0.485. The van der Waals surface area contributed by atoms with Crippen molar-refractivity contribution in [1.82, 2.24) is 14.9 Å². The second-order valence-electron chi connectivity index (χ2n) is 6.80. The molecule has 1 aromatic heterocycles. The number of piperidine rings is 1. The lowest BCUT2D eigenvalue weighted by Crippen LogP contribution is -2.38. The standard InChI is InChI=1S/C20H23N5O3.ClH/c1-28-17(26)10-13-6-8-25(9-7-13)20(27)15-4-2-14(3-5-15)19-23-11-16(12-24-19)18(21)22;/h2-5,11-13H,6-10H2,1H3,(H3,21,22);1H. The van der Waals surface area contributed by atoms with Gasteiger partial charge in [0.25, 0.3) is 5.91 Å². The highest BCUT2D eigenvalue weighted by Gasteiger charge is 2.25. The molecule has 8 nitrogen and oxygen atoms in total. The Kier molecular flexibility index (Phi) is 7.67. The number of ether oxygens (including phenoxy) is 1. The van der Waals surface area contributed by atoms with Crippen LogP contribution in [-0.4, -0.2) is 52.8 Å². The molecule has 1 saturated heterocycles. The van der Waals surface area contributed by atoms with E-state index < -0.39 is 0 Å². The quantitative estimate of drug-likeness (QED) is 0.437. The third-order valence-electron chi connectivity index (χ3n) is 4.94. The minimum atomic E-state index is -0.195. The molecule has 9 heteroatoms. The van der Waals surface area contributed by atoms with Crippen molar-refractivity contribution in [2.75, 3.05) is 20.2 Å². The van der Waals surface area contributed by atoms with Gasteiger partial charge in [-0.25, -0.2) is 9.97 Å². The number of aromatic nitrogens is 2. The Balaban J connectivity index is 0.00000300. The number of nitrogens with one attached hydrogen (secondary N) is 1. The van der Waals surface area contributed by atoms with Crippen molar-refractivity contribution in [2.24, 2.45) is 11.7 Å². The van der Waals surface area contributed by atoms with E-state index in [1.165, 1.54) is 19.5 Å². The zero-order valence-corrected chi connectivity index (χ0v) is 16.9. The van der Waals surface area contributed by atoms with E-state index in [-0.39, 0.29) is 36.0 Å². The van der Waals surface area contributed by atoms with Gasteiger partial charge in [0.2, 0.25) is 0 Å². The first kappa shape index (κ1) is 22.3. The molecule has 2 heterocycles. The summed E-state index contributed by atoms with van der Waals surface area (Å²) in [6.07, 6.45) is 5.02. The van der Waals surface area contributed by atoms with E-state index in [1.807, 2.05) is 4.90 Å². The molecule has 29 heavy (non-hydrogen) atoms. The Hall–Kier alpha value is -3.00. The third kappa shape index (κ3) is 5.51. The van der Waals surface area contributed by atoms with Crippen LogP contribution in [0.25, 0.3) is 11.4 Å². The number of amides is 1. The first-order chi connectivity index (χ1) is 13.5. The van der Waals surface area contributed by atoms with Crippen molar-refractivity contribution in [3.8, 4) is 11.4 Å². The van der Waals surface area contributed by atoms with Crippen LogP contribution in [0, 0.1) is 11.3 Å². The first-order valence-electron chi connectivity index (χ1n) is 9.11. The highest BCUT2D eigenvalue weighted by molar-refractivity contribution is 5.95. The highest BCUT2D eigenvalue weighted by atomic mass is 35.5. The van der Waals surface area contributed by atoms with E-state index in [0.717, 1.165) is 18.4 Å². The zero-order chi connectivity index (χ0) is 20.1. The van der Waals surface area contributed by atoms with Crippen LogP contribution in [0.1, 0.15) is 35.2 Å². The third-order valence-corrected chi connectivity index (χ3v) is 4.94. The van der Waals surface area contributed by atoms with Crippen molar-refractivity contribution >= 4 is 30.1 Å². The molecule has 3 rings (SSSR count). The summed E-state index contributed by atoms with van der Waals surface area (Å²) < 4.78 is 4.72. The number of methoxy groups -OCH3 is 1. The minimum Gasteiger partial charge on any atom is -0.469 e. The maximum absolute atomic E-state index is 12.7. The Morgan fingerprint density at radius 3 is 2.24 bits per heavy atom. The second kappa shape index (κ2) is 9.97. The van der Waals surface area contributed by atoms with Crippen LogP contribution in [0.4, 0.5) is 0 Å². The van der Waals surface area contributed by atoms with E-state index in [1.54, 1.807) is 24.3 Å². The number of likely N-dealkylation sites (tertiary alicyclic amines) is 1. The lowest BCUT2D eigenvalue weighted by Gasteiger charge is -2.31. The number of esters is 1. The summed E-state index contributed by atoms with van der Waals surface area (Å²) in [7, 11) is 1.40. The van der Waals surface area contributed by atoms with Crippen LogP contribution in [0.5, 0.6) is 0 Å². The van der Waals surface area contributed by atoms with Crippen molar-refractivity contribution in [2.45, 2.75) is 19.3 Å². The van der Waals surface area contributed by atoms with Crippen molar-refractivity contribution in [3.05, 3.63) is 47.8 Å². The van der Waals surface area contributed by atoms with Crippen molar-refractivity contribution < 1.29 is 14.3 Å². The Morgan fingerprint density at radius 2 is 1.72 bits per heavy atom. The number of carbonyl (C=O) groups excluding carboxylic acids is 2. The maximum Gasteiger partial charge on any atom is 0.305 e. The number of nitrogens with zero attached hydrogens (tertiary/aromatic N) is 3. The fourth-order valence-electron chi connectivity index (χ4n) is 3.22. The number of nitrogens with two attached hydrogens (primary N) is 1. The van der Waals surface area contributed by atoms with E-state index in [4.69, 9.17) is 15.9 Å². The SMILES string of the molecule is COC(=O)CC1CCN(C(=O)c2ccc(-c3ncc(C(=N)N)cn3)cc2)CC1.Cl. The number of nitrogen functional groups attached to an aromatic ring is 1. The van der Waals surface area contributed by atoms with Crippen LogP contribution in [0.3, 0.4) is 0 Å². The summed E-state index contributed by atoms with van der Waals surface area (Å²) in [5.41, 5.74) is 7.26. The predicted octanol–water partition coefficient (Wildman–Crippen LogP) is 2.26. The van der Waals surface area contributed by atoms with Gasteiger partial charge in [-0.05, 0) is 30.9 Å². The summed E-state index contributed by atoms with van der Waals surface area (Å²) in [6, 6.07) is 7.14. The molecule has 0 atom stereocenters. The molecule has 0 unspecified atom stereocenters. The first-order valence-corrected chi connectivity index (χ1v) is 9.11. The zero-order valence-electron chi connectivity index (χ0n) is 16.1. The molecule has 0 saturated carbocycles. The lowest BCUT2D eigenvalue weighted by atomic mass is 9.93. The van der Waals surface area contributed by atoms with Gasteiger partial charge in [-0.2, -0.15) is 0 Å². The largest absolute Gasteiger partial charge is 0.469 e. The lowest BCUT2D eigenvalue weighted by molar-refractivity contribution is -0.142. The number of hydrogen-bond acceptors (Lipinski definition) is 6. The van der Waals surface area contributed by atoms with Crippen molar-refractivity contribution in [3.63, 3.8) is 0 Å². The van der Waals surface area contributed by atoms with Gasteiger partial charge in [0.05, 0.1) is 12.7 Å². The predicted molar refractivity (Wildman–Crippen MR) is 111 cm³/mol.